The topological polar surface area (TPSA) is 61.2 Å². The van der Waals surface area contributed by atoms with Gasteiger partial charge in [0.05, 0.1) is 0 Å². The largest absolute Gasteiger partial charge is 0.459 e. The maximum atomic E-state index is 12.3. The van der Waals surface area contributed by atoms with E-state index in [1.165, 1.54) is 106 Å². The molecule has 0 aliphatic carbocycles. The predicted octanol–water partition coefficient (Wildman–Crippen LogP) is 7.27. The lowest BCUT2D eigenvalue weighted by atomic mass is 10.0. The van der Waals surface area contributed by atoms with E-state index in [1.54, 1.807) is 6.20 Å². The fourth-order valence-electron chi connectivity index (χ4n) is 3.74. The summed E-state index contributed by atoms with van der Waals surface area (Å²) in [6.45, 7) is 4.47. The fraction of sp³-hybridized carbons (Fsp3) is 0.731. The van der Waals surface area contributed by atoms with Crippen LogP contribution in [0, 0.1) is 0 Å². The van der Waals surface area contributed by atoms with E-state index in [0.717, 1.165) is 25.7 Å². The Kier molecular flexibility index (Phi) is 16.5. The first-order valence-electron chi connectivity index (χ1n) is 12.6. The van der Waals surface area contributed by atoms with Crippen molar-refractivity contribution in [3.8, 4) is 0 Å². The van der Waals surface area contributed by atoms with Gasteiger partial charge in [0.1, 0.15) is 12.4 Å². The Morgan fingerprint density at radius 2 is 1.32 bits per heavy atom. The zero-order chi connectivity index (χ0) is 22.6. The number of hydrogen-bond donors (Lipinski definition) is 0. The van der Waals surface area contributed by atoms with Crippen molar-refractivity contribution < 1.29 is 14.3 Å². The molecule has 5 nitrogen and oxygen atoms in total. The van der Waals surface area contributed by atoms with Crippen molar-refractivity contribution in [2.45, 2.75) is 123 Å². The van der Waals surface area contributed by atoms with Crippen molar-refractivity contribution in [2.24, 2.45) is 0 Å². The van der Waals surface area contributed by atoms with Crippen molar-refractivity contribution in [2.75, 3.05) is 0 Å². The number of carbonyl (C=O) groups excluding carboxylic acids is 2. The first-order valence-corrected chi connectivity index (χ1v) is 12.6. The fourth-order valence-corrected chi connectivity index (χ4v) is 3.74. The Hall–Kier alpha value is -1.91. The van der Waals surface area contributed by atoms with Crippen LogP contribution >= 0.6 is 0 Å². The van der Waals surface area contributed by atoms with E-state index in [2.05, 4.69) is 18.8 Å². The molecule has 0 amide bonds. The van der Waals surface area contributed by atoms with Gasteiger partial charge in [0, 0.05) is 24.5 Å². The number of esters is 1. The molecular weight excluding hydrogens is 388 g/mol. The highest BCUT2D eigenvalue weighted by molar-refractivity contribution is 5.95. The minimum Gasteiger partial charge on any atom is -0.459 e. The van der Waals surface area contributed by atoms with Crippen LogP contribution in [0.2, 0.25) is 0 Å². The monoisotopic (exact) mass is 432 g/mol. The van der Waals surface area contributed by atoms with E-state index in [-0.39, 0.29) is 12.0 Å². The van der Waals surface area contributed by atoms with E-state index in [1.807, 2.05) is 0 Å². The highest BCUT2D eigenvalue weighted by atomic mass is 16.5. The standard InChI is InChI=1S/C26H44N2O3/c1-3-5-7-9-11-12-14-16-18-24(17-15-13-10-8-6-4-2)31-26(30)20-19-25(29)28-22-21-27-23-28/h19-24H,3-18H2,1-2H3. The molecule has 0 N–H and O–H groups in total. The number of imidazole rings is 1. The van der Waals surface area contributed by atoms with Crippen molar-refractivity contribution in [3.63, 3.8) is 0 Å². The van der Waals surface area contributed by atoms with Gasteiger partial charge in [-0.1, -0.05) is 90.9 Å². The molecular formula is C26H44N2O3. The summed E-state index contributed by atoms with van der Waals surface area (Å²) in [7, 11) is 0. The van der Waals surface area contributed by atoms with E-state index in [0.29, 0.717) is 0 Å². The van der Waals surface area contributed by atoms with Gasteiger partial charge >= 0.3 is 5.97 Å². The molecule has 31 heavy (non-hydrogen) atoms. The summed E-state index contributed by atoms with van der Waals surface area (Å²) in [5, 5.41) is 0. The third-order valence-corrected chi connectivity index (χ3v) is 5.66. The zero-order valence-corrected chi connectivity index (χ0v) is 19.9. The molecule has 0 aromatic carbocycles. The zero-order valence-electron chi connectivity index (χ0n) is 19.9. The van der Waals surface area contributed by atoms with Gasteiger partial charge in [0.25, 0.3) is 5.91 Å². The summed E-state index contributed by atoms with van der Waals surface area (Å²) in [5.41, 5.74) is 0. The van der Waals surface area contributed by atoms with Crippen LogP contribution in [0.25, 0.3) is 0 Å². The lowest BCUT2D eigenvalue weighted by Gasteiger charge is -2.17. The molecule has 1 heterocycles. The van der Waals surface area contributed by atoms with Crippen LogP contribution in [0.5, 0.6) is 0 Å². The van der Waals surface area contributed by atoms with Gasteiger partial charge in [-0.05, 0) is 25.7 Å². The number of aromatic nitrogens is 2. The number of carbonyl (C=O) groups is 2. The Bertz CT molecular complexity index is 596. The summed E-state index contributed by atoms with van der Waals surface area (Å²) >= 11 is 0. The third-order valence-electron chi connectivity index (χ3n) is 5.66. The predicted molar refractivity (Wildman–Crippen MR) is 127 cm³/mol. The van der Waals surface area contributed by atoms with Gasteiger partial charge in [0.15, 0.2) is 0 Å². The van der Waals surface area contributed by atoms with Crippen molar-refractivity contribution in [1.29, 1.82) is 0 Å². The minimum absolute atomic E-state index is 0.0493. The minimum atomic E-state index is -0.427. The quantitative estimate of drug-likeness (QED) is 0.131. The van der Waals surface area contributed by atoms with Crippen LogP contribution < -0.4 is 0 Å². The van der Waals surface area contributed by atoms with Gasteiger partial charge in [-0.3, -0.25) is 9.36 Å². The van der Waals surface area contributed by atoms with E-state index >= 15 is 0 Å². The molecule has 176 valence electrons. The maximum Gasteiger partial charge on any atom is 0.331 e. The average molecular weight is 433 g/mol. The molecule has 1 rings (SSSR count). The summed E-state index contributed by atoms with van der Waals surface area (Å²) in [5.74, 6) is -0.728. The number of hydrogen-bond acceptors (Lipinski definition) is 4. The van der Waals surface area contributed by atoms with Crippen LogP contribution in [0.15, 0.2) is 30.9 Å². The van der Waals surface area contributed by atoms with Gasteiger partial charge in [-0.25, -0.2) is 9.78 Å². The molecule has 0 radical (unpaired) electrons. The Balaban J connectivity index is 2.35. The molecule has 0 saturated heterocycles. The second-order valence-corrected chi connectivity index (χ2v) is 8.52. The number of unbranched alkanes of at least 4 members (excludes halogenated alkanes) is 12. The molecule has 5 heteroatoms. The molecule has 0 aliphatic rings. The van der Waals surface area contributed by atoms with Crippen molar-refractivity contribution in [3.05, 3.63) is 30.9 Å². The summed E-state index contributed by atoms with van der Waals surface area (Å²) < 4.78 is 7.03. The van der Waals surface area contributed by atoms with Crippen LogP contribution in [-0.4, -0.2) is 27.5 Å². The molecule has 1 aromatic rings. The Labute approximate surface area is 189 Å². The number of ether oxygens (including phenoxy) is 1. The summed E-state index contributed by atoms with van der Waals surface area (Å²) in [6.07, 6.45) is 26.3. The lowest BCUT2D eigenvalue weighted by Crippen LogP contribution is -2.17. The molecule has 0 aliphatic heterocycles. The Morgan fingerprint density at radius 3 is 1.81 bits per heavy atom. The number of rotatable bonds is 19. The van der Waals surface area contributed by atoms with E-state index in [9.17, 15) is 9.59 Å². The van der Waals surface area contributed by atoms with Crippen molar-refractivity contribution >= 4 is 11.9 Å². The third kappa shape index (κ3) is 14.7. The number of allylic oxidation sites excluding steroid dienone is 1. The first-order chi connectivity index (χ1) is 15.2. The molecule has 0 bridgehead atoms. The molecule has 1 atom stereocenters. The molecule has 0 fully saturated rings. The summed E-state index contributed by atoms with van der Waals surface area (Å²) in [6, 6.07) is 0. The average Bonchev–Trinajstić information content (AvgIpc) is 3.31. The van der Waals surface area contributed by atoms with Crippen LogP contribution in [-0.2, 0) is 9.53 Å². The van der Waals surface area contributed by atoms with E-state index in [4.69, 9.17) is 4.74 Å². The molecule has 1 unspecified atom stereocenters. The second-order valence-electron chi connectivity index (χ2n) is 8.52. The SMILES string of the molecule is CCCCCCCCCCC(CCCCCCCC)OC(=O)C=CC(=O)n1ccnc1. The maximum absolute atomic E-state index is 12.3. The van der Waals surface area contributed by atoms with Gasteiger partial charge < -0.3 is 4.74 Å². The second kappa shape index (κ2) is 18.8. The molecule has 1 aromatic heterocycles. The van der Waals surface area contributed by atoms with Crippen LogP contribution in [0.3, 0.4) is 0 Å². The highest BCUT2D eigenvalue weighted by Gasteiger charge is 2.13. The molecule has 0 saturated carbocycles. The Morgan fingerprint density at radius 1 is 0.806 bits per heavy atom. The van der Waals surface area contributed by atoms with Crippen LogP contribution in [0.1, 0.15) is 121 Å². The highest BCUT2D eigenvalue weighted by Crippen LogP contribution is 2.17. The van der Waals surface area contributed by atoms with Crippen molar-refractivity contribution in [1.82, 2.24) is 9.55 Å². The van der Waals surface area contributed by atoms with Gasteiger partial charge in [-0.15, -0.1) is 0 Å². The molecule has 0 spiro atoms. The number of nitrogens with zero attached hydrogens (tertiary/aromatic N) is 2. The first kappa shape index (κ1) is 27.1. The van der Waals surface area contributed by atoms with E-state index < -0.39 is 5.97 Å². The smallest absolute Gasteiger partial charge is 0.331 e. The normalized spacial score (nSPS) is 12.3. The van der Waals surface area contributed by atoms with Gasteiger partial charge in [0.2, 0.25) is 0 Å². The lowest BCUT2D eigenvalue weighted by molar-refractivity contribution is -0.143. The van der Waals surface area contributed by atoms with Gasteiger partial charge in [-0.2, -0.15) is 0 Å². The summed E-state index contributed by atoms with van der Waals surface area (Å²) in [4.78, 5) is 28.1. The van der Waals surface area contributed by atoms with Crippen LogP contribution in [0.4, 0.5) is 0 Å².